The van der Waals surface area contributed by atoms with Gasteiger partial charge in [0.1, 0.15) is 6.04 Å². The number of carbonyl (C=O) groups excluding carboxylic acids is 1. The lowest BCUT2D eigenvalue weighted by Crippen LogP contribution is -2.47. The Bertz CT molecular complexity index is 254. The van der Waals surface area contributed by atoms with Crippen molar-refractivity contribution >= 4 is 11.9 Å². The first-order chi connectivity index (χ1) is 7.52. The molecule has 3 N–H and O–H groups in total. The van der Waals surface area contributed by atoms with Crippen LogP contribution in [-0.4, -0.2) is 36.1 Å². The van der Waals surface area contributed by atoms with E-state index in [9.17, 15) is 9.59 Å². The maximum absolute atomic E-state index is 11.4. The van der Waals surface area contributed by atoms with Crippen LogP contribution in [0.1, 0.15) is 20.3 Å². The number of carbonyl (C=O) groups is 2. The quantitative estimate of drug-likeness (QED) is 0.414. The molecule has 0 rings (SSSR count). The van der Waals surface area contributed by atoms with Gasteiger partial charge in [-0.05, 0) is 5.92 Å². The topological polar surface area (TPSA) is 78.4 Å². The Morgan fingerprint density at radius 3 is 2.56 bits per heavy atom. The van der Waals surface area contributed by atoms with Crippen molar-refractivity contribution < 1.29 is 14.7 Å². The normalized spacial score (nSPS) is 13.9. The molecule has 0 radical (unpaired) electrons. The van der Waals surface area contributed by atoms with Gasteiger partial charge in [-0.2, -0.15) is 0 Å². The molecule has 0 spiro atoms. The highest BCUT2D eigenvalue weighted by atomic mass is 16.4. The largest absolute Gasteiger partial charge is 0.480 e. The van der Waals surface area contributed by atoms with Gasteiger partial charge < -0.3 is 15.7 Å². The van der Waals surface area contributed by atoms with Gasteiger partial charge in [-0.25, -0.2) is 4.79 Å². The molecular formula is C11H20N2O3. The van der Waals surface area contributed by atoms with E-state index in [0.717, 1.165) is 0 Å². The fraction of sp³-hybridized carbons (Fsp3) is 0.636. The molecule has 0 fully saturated rings. The summed E-state index contributed by atoms with van der Waals surface area (Å²) < 4.78 is 0. The second-order valence-corrected chi connectivity index (χ2v) is 3.69. The highest BCUT2D eigenvalue weighted by molar-refractivity contribution is 5.84. The molecule has 0 heterocycles. The lowest BCUT2D eigenvalue weighted by Gasteiger charge is -2.20. The Kier molecular flexibility index (Phi) is 7.20. The molecule has 0 aromatic heterocycles. The van der Waals surface area contributed by atoms with Gasteiger partial charge in [0.25, 0.3) is 0 Å². The van der Waals surface area contributed by atoms with Crippen LogP contribution in [0.25, 0.3) is 0 Å². The minimum atomic E-state index is -0.994. The molecule has 0 saturated heterocycles. The van der Waals surface area contributed by atoms with Crippen LogP contribution in [0.2, 0.25) is 0 Å². The van der Waals surface area contributed by atoms with Gasteiger partial charge in [0.2, 0.25) is 5.91 Å². The first-order valence-corrected chi connectivity index (χ1v) is 5.36. The number of nitrogens with one attached hydrogen (secondary N) is 2. The summed E-state index contributed by atoms with van der Waals surface area (Å²) >= 11 is 0. The monoisotopic (exact) mass is 228 g/mol. The smallest absolute Gasteiger partial charge is 0.326 e. The van der Waals surface area contributed by atoms with Crippen LogP contribution < -0.4 is 10.6 Å². The molecule has 0 aromatic carbocycles. The third-order valence-electron chi connectivity index (χ3n) is 2.37. The molecular weight excluding hydrogens is 208 g/mol. The molecule has 0 bridgehead atoms. The van der Waals surface area contributed by atoms with E-state index in [4.69, 9.17) is 5.11 Å². The lowest BCUT2D eigenvalue weighted by atomic mass is 9.99. The first-order valence-electron chi connectivity index (χ1n) is 5.36. The van der Waals surface area contributed by atoms with Crippen LogP contribution in [0.5, 0.6) is 0 Å². The summed E-state index contributed by atoms with van der Waals surface area (Å²) in [7, 11) is 0. The summed E-state index contributed by atoms with van der Waals surface area (Å²) in [6, 6.07) is -0.817. The summed E-state index contributed by atoms with van der Waals surface area (Å²) in [5.74, 6) is -1.39. The van der Waals surface area contributed by atoms with E-state index in [-0.39, 0.29) is 18.4 Å². The summed E-state index contributed by atoms with van der Waals surface area (Å²) in [6.07, 6.45) is 2.34. The van der Waals surface area contributed by atoms with E-state index in [0.29, 0.717) is 13.0 Å². The first kappa shape index (κ1) is 14.6. The number of aliphatic carboxylic acids is 1. The Morgan fingerprint density at radius 1 is 1.50 bits per heavy atom. The predicted molar refractivity (Wildman–Crippen MR) is 62.1 cm³/mol. The van der Waals surface area contributed by atoms with E-state index >= 15 is 0 Å². The SMILES string of the molecule is C=CCNCC(=O)N[C@H](C(=O)O)[C@@H](C)CC. The zero-order valence-corrected chi connectivity index (χ0v) is 9.82. The molecule has 0 saturated carbocycles. The van der Waals surface area contributed by atoms with Crippen LogP contribution in [0, 0.1) is 5.92 Å². The highest BCUT2D eigenvalue weighted by Crippen LogP contribution is 2.07. The fourth-order valence-electron chi connectivity index (χ4n) is 1.20. The van der Waals surface area contributed by atoms with Crippen molar-refractivity contribution in [1.29, 1.82) is 0 Å². The van der Waals surface area contributed by atoms with Gasteiger partial charge in [-0.3, -0.25) is 4.79 Å². The Hall–Kier alpha value is -1.36. The Labute approximate surface area is 95.9 Å². The van der Waals surface area contributed by atoms with Crippen molar-refractivity contribution in [3.05, 3.63) is 12.7 Å². The predicted octanol–water partition coefficient (Wildman–Crippen LogP) is 0.377. The second kappa shape index (κ2) is 7.87. The van der Waals surface area contributed by atoms with Gasteiger partial charge in [0, 0.05) is 6.54 Å². The molecule has 0 aliphatic carbocycles. The molecule has 0 unspecified atom stereocenters. The van der Waals surface area contributed by atoms with E-state index in [2.05, 4.69) is 17.2 Å². The zero-order valence-electron chi connectivity index (χ0n) is 9.82. The van der Waals surface area contributed by atoms with Crippen molar-refractivity contribution in [2.45, 2.75) is 26.3 Å². The molecule has 0 aliphatic rings. The molecule has 16 heavy (non-hydrogen) atoms. The summed E-state index contributed by atoms with van der Waals surface area (Å²) in [5.41, 5.74) is 0. The van der Waals surface area contributed by atoms with Crippen LogP contribution in [0.3, 0.4) is 0 Å². The number of hydrogen-bond donors (Lipinski definition) is 3. The maximum Gasteiger partial charge on any atom is 0.326 e. The van der Waals surface area contributed by atoms with Crippen LogP contribution in [-0.2, 0) is 9.59 Å². The number of amides is 1. The maximum atomic E-state index is 11.4. The summed E-state index contributed by atoms with van der Waals surface area (Å²) in [5, 5.41) is 14.2. The molecule has 0 aliphatic heterocycles. The number of hydrogen-bond acceptors (Lipinski definition) is 3. The average molecular weight is 228 g/mol. The Morgan fingerprint density at radius 2 is 2.12 bits per heavy atom. The zero-order chi connectivity index (χ0) is 12.6. The molecule has 0 aromatic rings. The number of carboxylic acids is 1. The second-order valence-electron chi connectivity index (χ2n) is 3.69. The van der Waals surface area contributed by atoms with Crippen molar-refractivity contribution in [3.63, 3.8) is 0 Å². The lowest BCUT2D eigenvalue weighted by molar-refractivity contribution is -0.143. The molecule has 92 valence electrons. The minimum Gasteiger partial charge on any atom is -0.480 e. The van der Waals surface area contributed by atoms with Crippen molar-refractivity contribution in [2.24, 2.45) is 5.92 Å². The third kappa shape index (κ3) is 5.50. The van der Waals surface area contributed by atoms with Crippen molar-refractivity contribution in [3.8, 4) is 0 Å². The van der Waals surface area contributed by atoms with Crippen molar-refractivity contribution in [2.75, 3.05) is 13.1 Å². The van der Waals surface area contributed by atoms with Gasteiger partial charge in [-0.1, -0.05) is 26.3 Å². The van der Waals surface area contributed by atoms with Gasteiger partial charge >= 0.3 is 5.97 Å². The van der Waals surface area contributed by atoms with E-state index in [1.54, 1.807) is 13.0 Å². The molecule has 2 atom stereocenters. The van der Waals surface area contributed by atoms with Gasteiger partial charge in [0.05, 0.1) is 6.54 Å². The van der Waals surface area contributed by atoms with Crippen LogP contribution >= 0.6 is 0 Å². The summed E-state index contributed by atoms with van der Waals surface area (Å²) in [4.78, 5) is 22.3. The number of carboxylic acid groups (broad SMARTS) is 1. The standard InChI is InChI=1S/C11H20N2O3/c1-4-6-12-7-9(14)13-10(11(15)16)8(3)5-2/h4,8,10,12H,1,5-7H2,2-3H3,(H,13,14)(H,15,16)/t8-,10-/m0/s1. The molecule has 5 heteroatoms. The molecule has 5 nitrogen and oxygen atoms in total. The third-order valence-corrected chi connectivity index (χ3v) is 2.37. The van der Waals surface area contributed by atoms with Gasteiger partial charge in [-0.15, -0.1) is 6.58 Å². The van der Waals surface area contributed by atoms with Crippen LogP contribution in [0.4, 0.5) is 0 Å². The Balaban J connectivity index is 4.13. The van der Waals surface area contributed by atoms with Gasteiger partial charge in [0.15, 0.2) is 0 Å². The van der Waals surface area contributed by atoms with E-state index in [1.807, 2.05) is 6.92 Å². The molecule has 1 amide bonds. The fourth-order valence-corrected chi connectivity index (χ4v) is 1.20. The number of rotatable bonds is 8. The minimum absolute atomic E-state index is 0.0825. The van der Waals surface area contributed by atoms with E-state index < -0.39 is 12.0 Å². The average Bonchev–Trinajstić information content (AvgIpc) is 2.25. The van der Waals surface area contributed by atoms with Crippen LogP contribution in [0.15, 0.2) is 12.7 Å². The van der Waals surface area contributed by atoms with E-state index in [1.165, 1.54) is 0 Å². The van der Waals surface area contributed by atoms with Crippen molar-refractivity contribution in [1.82, 2.24) is 10.6 Å². The summed E-state index contributed by atoms with van der Waals surface area (Å²) in [6.45, 7) is 7.82. The highest BCUT2D eigenvalue weighted by Gasteiger charge is 2.24.